The molecule has 1 fully saturated rings. The summed E-state index contributed by atoms with van der Waals surface area (Å²) in [5, 5.41) is 0. The van der Waals surface area contributed by atoms with Crippen molar-refractivity contribution in [3.63, 3.8) is 0 Å². The van der Waals surface area contributed by atoms with Crippen molar-refractivity contribution in [1.29, 1.82) is 0 Å². The van der Waals surface area contributed by atoms with Crippen molar-refractivity contribution in [3.8, 4) is 17.2 Å². The maximum atomic E-state index is 6.16. The molecule has 0 amide bonds. The minimum atomic E-state index is 0.551. The summed E-state index contributed by atoms with van der Waals surface area (Å²) in [6, 6.07) is 7.92. The molecule has 1 saturated carbocycles. The summed E-state index contributed by atoms with van der Waals surface area (Å²) in [5.41, 5.74) is 2.10. The minimum absolute atomic E-state index is 0.551. The quantitative estimate of drug-likeness (QED) is 0.517. The van der Waals surface area contributed by atoms with Crippen LogP contribution in [0.4, 0.5) is 0 Å². The van der Waals surface area contributed by atoms with E-state index in [2.05, 4.69) is 22.6 Å². The Balaban J connectivity index is 1.94. The molecule has 0 unspecified atom stereocenters. The van der Waals surface area contributed by atoms with Gasteiger partial charge >= 0.3 is 0 Å². The van der Waals surface area contributed by atoms with E-state index in [1.54, 1.807) is 7.11 Å². The number of rotatable bonds is 4. The lowest BCUT2D eigenvalue weighted by atomic mass is 9.87. The summed E-state index contributed by atoms with van der Waals surface area (Å²) in [6.45, 7) is 0. The van der Waals surface area contributed by atoms with Gasteiger partial charge in [-0.15, -0.1) is 0 Å². The van der Waals surface area contributed by atoms with E-state index in [0.29, 0.717) is 5.92 Å². The zero-order chi connectivity index (χ0) is 14.7. The van der Waals surface area contributed by atoms with E-state index < -0.39 is 0 Å². The molecule has 0 N–H and O–H groups in total. The van der Waals surface area contributed by atoms with Crippen molar-refractivity contribution in [3.05, 3.63) is 35.7 Å². The molecule has 21 heavy (non-hydrogen) atoms. The summed E-state index contributed by atoms with van der Waals surface area (Å²) in [4.78, 5) is 4.72. The molecular weight excluding hydrogens is 377 g/mol. The highest BCUT2D eigenvalue weighted by Crippen LogP contribution is 2.37. The zero-order valence-electron chi connectivity index (χ0n) is 12.3. The van der Waals surface area contributed by atoms with Gasteiger partial charge < -0.3 is 9.15 Å². The number of halogens is 1. The number of benzene rings is 1. The van der Waals surface area contributed by atoms with Crippen LogP contribution in [-0.2, 0) is 4.43 Å². The average molecular weight is 397 g/mol. The topological polar surface area (TPSA) is 35.3 Å². The lowest BCUT2D eigenvalue weighted by molar-refractivity contribution is 0.376. The number of hydrogen-bond donors (Lipinski definition) is 0. The van der Waals surface area contributed by atoms with Gasteiger partial charge in [0, 0.05) is 15.9 Å². The molecule has 0 atom stereocenters. The predicted molar refractivity (Wildman–Crippen MR) is 92.0 cm³/mol. The molecule has 1 aliphatic carbocycles. The molecule has 0 spiro atoms. The van der Waals surface area contributed by atoms with Gasteiger partial charge in [-0.2, -0.15) is 0 Å². The van der Waals surface area contributed by atoms with Gasteiger partial charge in [-0.25, -0.2) is 4.98 Å². The van der Waals surface area contributed by atoms with Crippen LogP contribution >= 0.6 is 22.6 Å². The highest BCUT2D eigenvalue weighted by molar-refractivity contribution is 14.1. The van der Waals surface area contributed by atoms with Crippen LogP contribution in [0.2, 0.25) is 0 Å². The van der Waals surface area contributed by atoms with Gasteiger partial charge in [-0.3, -0.25) is 0 Å². The second kappa shape index (κ2) is 6.81. The summed E-state index contributed by atoms with van der Waals surface area (Å²) >= 11 is 2.37. The van der Waals surface area contributed by atoms with Crippen molar-refractivity contribution in [2.75, 3.05) is 7.11 Å². The van der Waals surface area contributed by atoms with Crippen LogP contribution in [0.15, 0.2) is 28.7 Å². The highest BCUT2D eigenvalue weighted by atomic mass is 127. The van der Waals surface area contributed by atoms with E-state index in [-0.39, 0.29) is 0 Å². The van der Waals surface area contributed by atoms with E-state index in [4.69, 9.17) is 14.1 Å². The normalized spacial score (nSPS) is 16.1. The molecule has 1 heterocycles. The number of ether oxygens (including phenoxy) is 1. The lowest BCUT2D eigenvalue weighted by Crippen LogP contribution is -2.05. The van der Waals surface area contributed by atoms with Gasteiger partial charge in [0.05, 0.1) is 12.8 Å². The standard InChI is InChI=1S/C17H20INO2/c1-20-14-9-5-8-13(10-14)17-19-15(11-18)16(21-17)12-6-3-2-4-7-12/h5,8-10,12H,2-4,6-7,11H2,1H3. The van der Waals surface area contributed by atoms with Crippen LogP contribution in [0.5, 0.6) is 5.75 Å². The summed E-state index contributed by atoms with van der Waals surface area (Å²) < 4.78 is 12.3. The fourth-order valence-corrected chi connectivity index (χ4v) is 3.57. The largest absolute Gasteiger partial charge is 0.497 e. The van der Waals surface area contributed by atoms with Crippen molar-refractivity contribution >= 4 is 22.6 Å². The number of aromatic nitrogens is 1. The van der Waals surface area contributed by atoms with Crippen molar-refractivity contribution in [1.82, 2.24) is 4.98 Å². The van der Waals surface area contributed by atoms with Gasteiger partial charge in [0.15, 0.2) is 0 Å². The summed E-state index contributed by atoms with van der Waals surface area (Å²) in [7, 11) is 1.68. The minimum Gasteiger partial charge on any atom is -0.497 e. The molecule has 4 heteroatoms. The molecule has 2 aromatic rings. The van der Waals surface area contributed by atoms with Crippen molar-refractivity contribution in [2.24, 2.45) is 0 Å². The second-order valence-corrected chi connectivity index (χ2v) is 6.29. The van der Waals surface area contributed by atoms with Crippen LogP contribution in [0, 0.1) is 0 Å². The molecule has 1 aromatic carbocycles. The first-order valence-corrected chi connectivity index (χ1v) is 9.04. The van der Waals surface area contributed by atoms with Gasteiger partial charge in [0.25, 0.3) is 0 Å². The number of oxazole rings is 1. The molecule has 0 radical (unpaired) electrons. The third-order valence-electron chi connectivity index (χ3n) is 4.15. The lowest BCUT2D eigenvalue weighted by Gasteiger charge is -2.19. The van der Waals surface area contributed by atoms with Crippen molar-refractivity contribution in [2.45, 2.75) is 42.4 Å². The van der Waals surface area contributed by atoms with Gasteiger partial charge in [0.1, 0.15) is 11.5 Å². The SMILES string of the molecule is COc1cccc(-c2nc(CI)c(C3CCCCC3)o2)c1. The smallest absolute Gasteiger partial charge is 0.226 e. The molecule has 1 aliphatic rings. The van der Waals surface area contributed by atoms with Gasteiger partial charge in [-0.1, -0.05) is 47.9 Å². The Morgan fingerprint density at radius 2 is 2.10 bits per heavy atom. The van der Waals surface area contributed by atoms with E-state index in [1.165, 1.54) is 32.1 Å². The zero-order valence-corrected chi connectivity index (χ0v) is 14.4. The molecule has 112 valence electrons. The maximum Gasteiger partial charge on any atom is 0.226 e. The average Bonchev–Trinajstić information content (AvgIpc) is 3.00. The fourth-order valence-electron chi connectivity index (χ4n) is 3.02. The molecule has 0 aliphatic heterocycles. The Labute approximate surface area is 139 Å². The monoisotopic (exact) mass is 397 g/mol. The molecule has 0 saturated heterocycles. The third kappa shape index (κ3) is 3.25. The molecule has 0 bridgehead atoms. The summed E-state index contributed by atoms with van der Waals surface area (Å²) in [5.74, 6) is 3.22. The second-order valence-electron chi connectivity index (χ2n) is 5.53. The van der Waals surface area contributed by atoms with Gasteiger partial charge in [-0.05, 0) is 31.0 Å². The Hall–Kier alpha value is -1.04. The van der Waals surface area contributed by atoms with Crippen LogP contribution < -0.4 is 4.74 Å². The first-order valence-electron chi connectivity index (χ1n) is 7.52. The first-order chi connectivity index (χ1) is 10.3. The van der Waals surface area contributed by atoms with Gasteiger partial charge in [0.2, 0.25) is 5.89 Å². The molecule has 3 rings (SSSR count). The van der Waals surface area contributed by atoms with Crippen LogP contribution in [0.3, 0.4) is 0 Å². The first kappa shape index (κ1) is 14.9. The highest BCUT2D eigenvalue weighted by Gasteiger charge is 2.24. The van der Waals surface area contributed by atoms with E-state index in [0.717, 1.165) is 33.1 Å². The Kier molecular flexibility index (Phi) is 4.83. The molecule has 1 aromatic heterocycles. The van der Waals surface area contributed by atoms with Crippen LogP contribution in [0.25, 0.3) is 11.5 Å². The van der Waals surface area contributed by atoms with Crippen molar-refractivity contribution < 1.29 is 9.15 Å². The number of hydrogen-bond acceptors (Lipinski definition) is 3. The maximum absolute atomic E-state index is 6.16. The number of nitrogens with zero attached hydrogens (tertiary/aromatic N) is 1. The van der Waals surface area contributed by atoms with E-state index >= 15 is 0 Å². The van der Waals surface area contributed by atoms with Crippen LogP contribution in [0.1, 0.15) is 49.5 Å². The molecule has 3 nitrogen and oxygen atoms in total. The third-order valence-corrected chi connectivity index (χ3v) is 4.87. The number of methoxy groups -OCH3 is 1. The molecular formula is C17H20INO2. The predicted octanol–water partition coefficient (Wildman–Crippen LogP) is 5.33. The van der Waals surface area contributed by atoms with Crippen LogP contribution in [-0.4, -0.2) is 12.1 Å². The Morgan fingerprint density at radius 1 is 1.29 bits per heavy atom. The van der Waals surface area contributed by atoms with E-state index in [1.807, 2.05) is 24.3 Å². The number of alkyl halides is 1. The summed E-state index contributed by atoms with van der Waals surface area (Å²) in [6.07, 6.45) is 6.43. The Bertz CT molecular complexity index is 603. The Morgan fingerprint density at radius 3 is 2.81 bits per heavy atom. The van der Waals surface area contributed by atoms with E-state index in [9.17, 15) is 0 Å². The fraction of sp³-hybridized carbons (Fsp3) is 0.471.